The van der Waals surface area contributed by atoms with E-state index in [9.17, 15) is 15.0 Å². The fourth-order valence-electron chi connectivity index (χ4n) is 2.22. The molecule has 0 fully saturated rings. The molecule has 4 N–H and O–H groups in total. The monoisotopic (exact) mass is 301 g/mol. The van der Waals surface area contributed by atoms with Crippen molar-refractivity contribution in [3.63, 3.8) is 0 Å². The Morgan fingerprint density at radius 2 is 1.73 bits per heavy atom. The zero-order valence-electron chi connectivity index (χ0n) is 12.1. The molecule has 0 spiro atoms. The first-order chi connectivity index (χ1) is 10.6. The van der Waals surface area contributed by atoms with Crippen molar-refractivity contribution in [3.8, 4) is 11.5 Å². The van der Waals surface area contributed by atoms with Gasteiger partial charge >= 0.3 is 0 Å². The van der Waals surface area contributed by atoms with E-state index in [1.165, 1.54) is 12.1 Å². The molecule has 0 saturated carbocycles. The van der Waals surface area contributed by atoms with Gasteiger partial charge in [-0.05, 0) is 48.7 Å². The van der Waals surface area contributed by atoms with Crippen LogP contribution in [0, 0.1) is 5.92 Å². The van der Waals surface area contributed by atoms with E-state index in [0.717, 1.165) is 0 Å². The largest absolute Gasteiger partial charge is 0.508 e. The second-order valence-electron chi connectivity index (χ2n) is 5.08. The molecule has 0 radical (unpaired) electrons. The molecule has 0 aromatic heterocycles. The van der Waals surface area contributed by atoms with E-state index in [1.807, 2.05) is 0 Å². The molecule has 22 heavy (non-hydrogen) atoms. The minimum atomic E-state index is -0.452. The van der Waals surface area contributed by atoms with Gasteiger partial charge in [0.1, 0.15) is 11.5 Å². The van der Waals surface area contributed by atoms with Crippen molar-refractivity contribution < 1.29 is 20.1 Å². The molecule has 1 atom stereocenters. The van der Waals surface area contributed by atoms with Gasteiger partial charge in [-0.2, -0.15) is 0 Å². The third kappa shape index (κ3) is 4.23. The van der Waals surface area contributed by atoms with Crippen molar-refractivity contribution in [2.45, 2.75) is 12.8 Å². The van der Waals surface area contributed by atoms with E-state index in [4.69, 9.17) is 5.11 Å². The third-order valence-corrected chi connectivity index (χ3v) is 3.44. The van der Waals surface area contributed by atoms with Gasteiger partial charge in [0.05, 0.1) is 0 Å². The van der Waals surface area contributed by atoms with Gasteiger partial charge in [0.25, 0.3) is 0 Å². The van der Waals surface area contributed by atoms with E-state index in [1.54, 1.807) is 36.4 Å². The van der Waals surface area contributed by atoms with Crippen molar-refractivity contribution in [2.75, 3.05) is 11.9 Å². The summed E-state index contributed by atoms with van der Waals surface area (Å²) in [5.74, 6) is -0.419. The van der Waals surface area contributed by atoms with E-state index >= 15 is 0 Å². The Kier molecular flexibility index (Phi) is 5.38. The molecule has 2 aromatic carbocycles. The number of hydrogen-bond donors (Lipinski definition) is 4. The summed E-state index contributed by atoms with van der Waals surface area (Å²) in [6.07, 6.45) is 0.648. The average molecular weight is 301 g/mol. The highest BCUT2D eigenvalue weighted by Crippen LogP contribution is 2.22. The number of rotatable bonds is 6. The Morgan fingerprint density at radius 1 is 1.05 bits per heavy atom. The molecule has 0 aliphatic carbocycles. The van der Waals surface area contributed by atoms with Crippen LogP contribution in [-0.4, -0.2) is 27.8 Å². The SMILES string of the molecule is O=C(Nc1ccc(O)cc1)C(CCO)Cc1ccccc1O. The summed E-state index contributed by atoms with van der Waals surface area (Å²) >= 11 is 0. The van der Waals surface area contributed by atoms with E-state index in [0.29, 0.717) is 24.1 Å². The number of carbonyl (C=O) groups excluding carboxylic acids is 1. The van der Waals surface area contributed by atoms with E-state index < -0.39 is 5.92 Å². The molecule has 0 aliphatic heterocycles. The van der Waals surface area contributed by atoms with Gasteiger partial charge in [-0.1, -0.05) is 18.2 Å². The van der Waals surface area contributed by atoms with Crippen LogP contribution in [0.15, 0.2) is 48.5 Å². The highest BCUT2D eigenvalue weighted by molar-refractivity contribution is 5.92. The Balaban J connectivity index is 2.08. The average Bonchev–Trinajstić information content (AvgIpc) is 2.51. The summed E-state index contributed by atoms with van der Waals surface area (Å²) in [6, 6.07) is 13.0. The molecule has 1 amide bonds. The number of aliphatic hydroxyl groups is 1. The van der Waals surface area contributed by atoms with Gasteiger partial charge in [-0.25, -0.2) is 0 Å². The quantitative estimate of drug-likeness (QED) is 0.616. The summed E-state index contributed by atoms with van der Waals surface area (Å²) in [5.41, 5.74) is 1.24. The number of aliphatic hydroxyl groups excluding tert-OH is 1. The van der Waals surface area contributed by atoms with Gasteiger partial charge in [-0.3, -0.25) is 4.79 Å². The van der Waals surface area contributed by atoms with Crippen LogP contribution in [0.25, 0.3) is 0 Å². The lowest BCUT2D eigenvalue weighted by Crippen LogP contribution is -2.25. The summed E-state index contributed by atoms with van der Waals surface area (Å²) in [5, 5.41) is 31.0. The predicted molar refractivity (Wildman–Crippen MR) is 83.7 cm³/mol. The number of para-hydroxylation sites is 1. The Bertz CT molecular complexity index is 625. The highest BCUT2D eigenvalue weighted by atomic mass is 16.3. The standard InChI is InChI=1S/C17H19NO4/c19-10-9-13(11-12-3-1-2-4-16(12)21)17(22)18-14-5-7-15(20)8-6-14/h1-8,13,19-21H,9-11H2,(H,18,22). The van der Waals surface area contributed by atoms with Crippen LogP contribution >= 0.6 is 0 Å². The zero-order chi connectivity index (χ0) is 15.9. The maximum absolute atomic E-state index is 12.3. The Morgan fingerprint density at radius 3 is 2.36 bits per heavy atom. The molecule has 2 rings (SSSR count). The van der Waals surface area contributed by atoms with Gasteiger partial charge in [0.15, 0.2) is 0 Å². The number of phenols is 2. The number of amides is 1. The number of nitrogens with one attached hydrogen (secondary N) is 1. The lowest BCUT2D eigenvalue weighted by atomic mass is 9.95. The van der Waals surface area contributed by atoms with Crippen LogP contribution in [0.3, 0.4) is 0 Å². The molecule has 116 valence electrons. The molecule has 2 aromatic rings. The normalized spacial score (nSPS) is 11.9. The van der Waals surface area contributed by atoms with Gasteiger partial charge in [-0.15, -0.1) is 0 Å². The van der Waals surface area contributed by atoms with Crippen molar-refractivity contribution in [2.24, 2.45) is 5.92 Å². The van der Waals surface area contributed by atoms with Crippen molar-refractivity contribution in [1.82, 2.24) is 0 Å². The molecular formula is C17H19NO4. The molecule has 1 unspecified atom stereocenters. The molecule has 0 bridgehead atoms. The summed E-state index contributed by atoms with van der Waals surface area (Å²) in [6.45, 7) is -0.110. The molecule has 0 aliphatic rings. The number of aromatic hydroxyl groups is 2. The van der Waals surface area contributed by atoms with Crippen LogP contribution in [0.5, 0.6) is 11.5 Å². The van der Waals surface area contributed by atoms with E-state index in [-0.39, 0.29) is 24.0 Å². The maximum atomic E-state index is 12.3. The smallest absolute Gasteiger partial charge is 0.227 e. The summed E-state index contributed by atoms with van der Waals surface area (Å²) < 4.78 is 0. The summed E-state index contributed by atoms with van der Waals surface area (Å²) in [7, 11) is 0. The number of phenolic OH excluding ortho intramolecular Hbond substituents is 2. The van der Waals surface area contributed by atoms with Crippen molar-refractivity contribution in [3.05, 3.63) is 54.1 Å². The Hall–Kier alpha value is -2.53. The first kappa shape index (κ1) is 15.9. The molecule has 0 heterocycles. The molecule has 5 heteroatoms. The van der Waals surface area contributed by atoms with Crippen LogP contribution in [-0.2, 0) is 11.2 Å². The van der Waals surface area contributed by atoms with Crippen LogP contribution in [0.1, 0.15) is 12.0 Å². The minimum Gasteiger partial charge on any atom is -0.508 e. The predicted octanol–water partition coefficient (Wildman–Crippen LogP) is 2.28. The molecule has 0 saturated heterocycles. The zero-order valence-corrected chi connectivity index (χ0v) is 12.1. The first-order valence-electron chi connectivity index (χ1n) is 7.08. The fourth-order valence-corrected chi connectivity index (χ4v) is 2.22. The van der Waals surface area contributed by atoms with Gasteiger partial charge < -0.3 is 20.6 Å². The van der Waals surface area contributed by atoms with Gasteiger partial charge in [0, 0.05) is 18.2 Å². The van der Waals surface area contributed by atoms with Crippen LogP contribution < -0.4 is 5.32 Å². The molecular weight excluding hydrogens is 282 g/mol. The summed E-state index contributed by atoms with van der Waals surface area (Å²) in [4.78, 5) is 12.3. The van der Waals surface area contributed by atoms with Crippen molar-refractivity contribution >= 4 is 11.6 Å². The van der Waals surface area contributed by atoms with Gasteiger partial charge in [0.2, 0.25) is 5.91 Å². The minimum absolute atomic E-state index is 0.110. The van der Waals surface area contributed by atoms with Crippen molar-refractivity contribution in [1.29, 1.82) is 0 Å². The Labute approximate surface area is 128 Å². The topological polar surface area (TPSA) is 89.8 Å². The second-order valence-corrected chi connectivity index (χ2v) is 5.08. The maximum Gasteiger partial charge on any atom is 0.227 e. The van der Waals surface area contributed by atoms with Crippen LogP contribution in [0.2, 0.25) is 0 Å². The highest BCUT2D eigenvalue weighted by Gasteiger charge is 2.20. The second kappa shape index (κ2) is 7.47. The number of benzene rings is 2. The lowest BCUT2D eigenvalue weighted by Gasteiger charge is -2.16. The lowest BCUT2D eigenvalue weighted by molar-refractivity contribution is -0.120. The van der Waals surface area contributed by atoms with Crippen LogP contribution in [0.4, 0.5) is 5.69 Å². The number of anilines is 1. The van der Waals surface area contributed by atoms with E-state index in [2.05, 4.69) is 5.32 Å². The first-order valence-corrected chi connectivity index (χ1v) is 7.08. The number of carbonyl (C=O) groups is 1. The molecule has 5 nitrogen and oxygen atoms in total. The number of hydrogen-bond acceptors (Lipinski definition) is 4. The fraction of sp³-hybridized carbons (Fsp3) is 0.235. The third-order valence-electron chi connectivity index (χ3n) is 3.44.